The summed E-state index contributed by atoms with van der Waals surface area (Å²) in [7, 11) is 0. The lowest BCUT2D eigenvalue weighted by Gasteiger charge is -2.17. The predicted octanol–water partition coefficient (Wildman–Crippen LogP) is 2.95. The number of aromatic nitrogens is 3. The summed E-state index contributed by atoms with van der Waals surface area (Å²) in [6.45, 7) is 3.23. The van der Waals surface area contributed by atoms with Crippen molar-refractivity contribution in [1.82, 2.24) is 20.1 Å². The smallest absolute Gasteiger partial charge is 0.0705 e. The molecule has 4 nitrogen and oxygen atoms in total. The lowest BCUT2D eigenvalue weighted by molar-refractivity contribution is 0.327. The monoisotopic (exact) mass is 278 g/mol. The minimum atomic E-state index is 0.584. The number of pyridine rings is 1. The van der Waals surface area contributed by atoms with Gasteiger partial charge in [-0.2, -0.15) is 5.10 Å². The molecule has 0 spiro atoms. The molecule has 1 aliphatic rings. The Morgan fingerprint density at radius 1 is 1.14 bits per heavy atom. The van der Waals surface area contributed by atoms with E-state index in [0.29, 0.717) is 5.92 Å². The van der Waals surface area contributed by atoms with Crippen LogP contribution in [0, 0.1) is 0 Å². The standard InChI is InChI=1S/C17H18N4/c1-2-4-17-15(3-1)13(5-8-18-17)11-21-10-7-14(12-21)16-6-9-19-20-16/h1-6,8-9,14H,7,10-12H2,(H,19,20)/t14-/m0/s1. The fourth-order valence-electron chi connectivity index (χ4n) is 3.26. The van der Waals surface area contributed by atoms with E-state index in [2.05, 4.69) is 50.4 Å². The Labute approximate surface area is 123 Å². The number of hydrogen-bond acceptors (Lipinski definition) is 3. The van der Waals surface area contributed by atoms with Gasteiger partial charge in [-0.3, -0.25) is 15.0 Å². The maximum absolute atomic E-state index is 4.44. The van der Waals surface area contributed by atoms with Gasteiger partial charge in [0.05, 0.1) is 5.52 Å². The van der Waals surface area contributed by atoms with Crippen LogP contribution in [0.3, 0.4) is 0 Å². The maximum Gasteiger partial charge on any atom is 0.0705 e. The van der Waals surface area contributed by atoms with Gasteiger partial charge in [0.1, 0.15) is 0 Å². The van der Waals surface area contributed by atoms with Crippen LogP contribution >= 0.6 is 0 Å². The minimum absolute atomic E-state index is 0.584. The van der Waals surface area contributed by atoms with Crippen molar-refractivity contribution in [1.29, 1.82) is 0 Å². The quantitative estimate of drug-likeness (QED) is 0.801. The summed E-state index contributed by atoms with van der Waals surface area (Å²) in [5, 5.41) is 8.44. The van der Waals surface area contributed by atoms with Gasteiger partial charge in [-0.1, -0.05) is 18.2 Å². The molecule has 1 fully saturated rings. The first-order valence-electron chi connectivity index (χ1n) is 7.44. The fraction of sp³-hybridized carbons (Fsp3) is 0.294. The Kier molecular flexibility index (Phi) is 3.16. The highest BCUT2D eigenvalue weighted by Gasteiger charge is 2.24. The zero-order valence-corrected chi connectivity index (χ0v) is 11.9. The fourth-order valence-corrected chi connectivity index (χ4v) is 3.26. The molecule has 4 heteroatoms. The third kappa shape index (κ3) is 2.43. The molecule has 3 heterocycles. The molecule has 2 aromatic heterocycles. The molecule has 1 aromatic carbocycles. The van der Waals surface area contributed by atoms with E-state index in [1.807, 2.05) is 18.5 Å². The van der Waals surface area contributed by atoms with Crippen molar-refractivity contribution >= 4 is 10.9 Å². The van der Waals surface area contributed by atoms with Crippen molar-refractivity contribution in [3.63, 3.8) is 0 Å². The van der Waals surface area contributed by atoms with E-state index in [-0.39, 0.29) is 0 Å². The van der Waals surface area contributed by atoms with E-state index in [0.717, 1.165) is 25.2 Å². The van der Waals surface area contributed by atoms with Crippen molar-refractivity contribution in [2.24, 2.45) is 0 Å². The van der Waals surface area contributed by atoms with E-state index < -0.39 is 0 Å². The number of hydrogen-bond donors (Lipinski definition) is 1. The molecule has 1 aliphatic heterocycles. The SMILES string of the molecule is c1ccc2c(CN3CC[C@H](c4ccn[nH]4)C3)ccnc2c1. The molecule has 1 saturated heterocycles. The van der Waals surface area contributed by atoms with Gasteiger partial charge in [-0.15, -0.1) is 0 Å². The Morgan fingerprint density at radius 3 is 3.00 bits per heavy atom. The molecular weight excluding hydrogens is 260 g/mol. The van der Waals surface area contributed by atoms with E-state index in [1.54, 1.807) is 0 Å². The third-order valence-electron chi connectivity index (χ3n) is 4.37. The second kappa shape index (κ2) is 5.30. The topological polar surface area (TPSA) is 44.8 Å². The van der Waals surface area contributed by atoms with Crippen LogP contribution in [0.2, 0.25) is 0 Å². The highest BCUT2D eigenvalue weighted by Crippen LogP contribution is 2.27. The molecule has 21 heavy (non-hydrogen) atoms. The van der Waals surface area contributed by atoms with Gasteiger partial charge in [0.15, 0.2) is 0 Å². The van der Waals surface area contributed by atoms with Gasteiger partial charge in [0, 0.05) is 42.5 Å². The Bertz CT molecular complexity index is 730. The Morgan fingerprint density at radius 2 is 2.10 bits per heavy atom. The second-order valence-electron chi connectivity index (χ2n) is 5.72. The van der Waals surface area contributed by atoms with Crippen molar-refractivity contribution in [3.8, 4) is 0 Å². The Balaban J connectivity index is 1.54. The van der Waals surface area contributed by atoms with Crippen molar-refractivity contribution in [2.75, 3.05) is 13.1 Å². The third-order valence-corrected chi connectivity index (χ3v) is 4.37. The molecule has 1 atom stereocenters. The molecule has 3 aromatic rings. The highest BCUT2D eigenvalue weighted by molar-refractivity contribution is 5.81. The molecule has 0 unspecified atom stereocenters. The van der Waals surface area contributed by atoms with E-state index in [4.69, 9.17) is 0 Å². The van der Waals surface area contributed by atoms with Crippen molar-refractivity contribution in [2.45, 2.75) is 18.9 Å². The molecule has 0 bridgehead atoms. The molecule has 0 radical (unpaired) electrons. The van der Waals surface area contributed by atoms with E-state index >= 15 is 0 Å². The summed E-state index contributed by atoms with van der Waals surface area (Å²) in [5.41, 5.74) is 3.71. The summed E-state index contributed by atoms with van der Waals surface area (Å²) in [5.74, 6) is 0.584. The van der Waals surface area contributed by atoms with Crippen LogP contribution in [0.4, 0.5) is 0 Å². The van der Waals surface area contributed by atoms with E-state index in [1.165, 1.54) is 23.1 Å². The first-order valence-corrected chi connectivity index (χ1v) is 7.44. The number of nitrogens with zero attached hydrogens (tertiary/aromatic N) is 3. The number of likely N-dealkylation sites (tertiary alicyclic amines) is 1. The lowest BCUT2D eigenvalue weighted by Crippen LogP contribution is -2.20. The molecule has 0 saturated carbocycles. The Hall–Kier alpha value is -2.20. The number of rotatable bonds is 3. The second-order valence-corrected chi connectivity index (χ2v) is 5.72. The van der Waals surface area contributed by atoms with Crippen LogP contribution in [0.15, 0.2) is 48.8 Å². The van der Waals surface area contributed by atoms with Gasteiger partial charge < -0.3 is 0 Å². The van der Waals surface area contributed by atoms with Crippen LogP contribution in [0.5, 0.6) is 0 Å². The maximum atomic E-state index is 4.44. The summed E-state index contributed by atoms with van der Waals surface area (Å²) in [6, 6.07) is 12.6. The number of aromatic amines is 1. The van der Waals surface area contributed by atoms with Crippen LogP contribution in [0.1, 0.15) is 23.6 Å². The summed E-state index contributed by atoms with van der Waals surface area (Å²) in [4.78, 5) is 6.96. The molecule has 0 aliphatic carbocycles. The molecule has 1 N–H and O–H groups in total. The molecular formula is C17H18N4. The first-order chi connectivity index (χ1) is 10.4. The van der Waals surface area contributed by atoms with Gasteiger partial charge in [-0.05, 0) is 36.7 Å². The number of fused-ring (bicyclic) bond motifs is 1. The lowest BCUT2D eigenvalue weighted by atomic mass is 10.1. The first kappa shape index (κ1) is 12.5. The zero-order valence-electron chi connectivity index (χ0n) is 11.9. The average Bonchev–Trinajstić information content (AvgIpc) is 3.18. The molecule has 4 rings (SSSR count). The largest absolute Gasteiger partial charge is 0.298 e. The van der Waals surface area contributed by atoms with Crippen LogP contribution < -0.4 is 0 Å². The summed E-state index contributed by atoms with van der Waals surface area (Å²) >= 11 is 0. The van der Waals surface area contributed by atoms with Gasteiger partial charge in [-0.25, -0.2) is 0 Å². The van der Waals surface area contributed by atoms with Gasteiger partial charge in [0.25, 0.3) is 0 Å². The minimum Gasteiger partial charge on any atom is -0.298 e. The zero-order chi connectivity index (χ0) is 14.1. The molecule has 0 amide bonds. The number of nitrogens with one attached hydrogen (secondary N) is 1. The highest BCUT2D eigenvalue weighted by atomic mass is 15.2. The van der Waals surface area contributed by atoms with Gasteiger partial charge >= 0.3 is 0 Å². The normalized spacial score (nSPS) is 19.3. The van der Waals surface area contributed by atoms with E-state index in [9.17, 15) is 0 Å². The predicted molar refractivity (Wildman–Crippen MR) is 83.0 cm³/mol. The van der Waals surface area contributed by atoms with Crippen molar-refractivity contribution in [3.05, 3.63) is 60.0 Å². The van der Waals surface area contributed by atoms with Crippen LogP contribution in [0.25, 0.3) is 10.9 Å². The van der Waals surface area contributed by atoms with Crippen molar-refractivity contribution < 1.29 is 0 Å². The number of para-hydroxylation sites is 1. The number of benzene rings is 1. The number of H-pyrrole nitrogens is 1. The van der Waals surface area contributed by atoms with Gasteiger partial charge in [0.2, 0.25) is 0 Å². The van der Waals surface area contributed by atoms with Crippen LogP contribution in [-0.4, -0.2) is 33.2 Å². The molecule has 106 valence electrons. The average molecular weight is 278 g/mol. The summed E-state index contributed by atoms with van der Waals surface area (Å²) < 4.78 is 0. The summed E-state index contributed by atoms with van der Waals surface area (Å²) in [6.07, 6.45) is 4.96. The van der Waals surface area contributed by atoms with Crippen LogP contribution in [-0.2, 0) is 6.54 Å².